The van der Waals surface area contributed by atoms with Gasteiger partial charge in [-0.15, -0.1) is 0 Å². The highest BCUT2D eigenvalue weighted by Gasteiger charge is 2.22. The predicted octanol–water partition coefficient (Wildman–Crippen LogP) is 2.72. The van der Waals surface area contributed by atoms with Crippen LogP contribution >= 0.6 is 11.6 Å². The van der Waals surface area contributed by atoms with Gasteiger partial charge < -0.3 is 10.6 Å². The first kappa shape index (κ1) is 14.6. The van der Waals surface area contributed by atoms with E-state index in [1.165, 1.54) is 12.1 Å². The van der Waals surface area contributed by atoms with Crippen LogP contribution in [0.4, 0.5) is 11.4 Å². The number of anilines is 1. The van der Waals surface area contributed by atoms with Crippen molar-refractivity contribution < 1.29 is 9.72 Å². The average Bonchev–Trinajstić information content (AvgIpc) is 3.19. The van der Waals surface area contributed by atoms with Gasteiger partial charge in [-0.05, 0) is 25.3 Å². The summed E-state index contributed by atoms with van der Waals surface area (Å²) in [6, 6.07) is 4.89. The third kappa shape index (κ3) is 4.09. The number of benzene rings is 1. The second kappa shape index (κ2) is 6.56. The van der Waals surface area contributed by atoms with E-state index in [-0.39, 0.29) is 11.6 Å². The van der Waals surface area contributed by atoms with E-state index in [9.17, 15) is 14.9 Å². The number of nitro groups is 1. The highest BCUT2D eigenvalue weighted by atomic mass is 35.5. The molecular formula is C13H16ClN3O3. The maximum atomic E-state index is 11.5. The highest BCUT2D eigenvalue weighted by molar-refractivity contribution is 6.33. The van der Waals surface area contributed by atoms with Gasteiger partial charge in [0.25, 0.3) is 5.69 Å². The number of hydrogen-bond acceptors (Lipinski definition) is 4. The lowest BCUT2D eigenvalue weighted by molar-refractivity contribution is -0.383. The molecule has 0 atom stereocenters. The van der Waals surface area contributed by atoms with Gasteiger partial charge in [-0.3, -0.25) is 14.9 Å². The maximum Gasteiger partial charge on any atom is 0.293 e. The number of para-hydroxylation sites is 1. The van der Waals surface area contributed by atoms with Gasteiger partial charge in [-0.25, -0.2) is 0 Å². The van der Waals surface area contributed by atoms with Gasteiger partial charge in [0.2, 0.25) is 5.91 Å². The van der Waals surface area contributed by atoms with Crippen LogP contribution in [0.5, 0.6) is 0 Å². The van der Waals surface area contributed by atoms with Crippen molar-refractivity contribution in [1.82, 2.24) is 5.32 Å². The molecule has 1 aliphatic carbocycles. The molecule has 0 saturated heterocycles. The van der Waals surface area contributed by atoms with Gasteiger partial charge in [0, 0.05) is 25.1 Å². The molecule has 0 heterocycles. The van der Waals surface area contributed by atoms with Crippen molar-refractivity contribution >= 4 is 28.9 Å². The predicted molar refractivity (Wildman–Crippen MR) is 77.0 cm³/mol. The van der Waals surface area contributed by atoms with Gasteiger partial charge in [-0.2, -0.15) is 0 Å². The van der Waals surface area contributed by atoms with Crippen molar-refractivity contribution in [3.8, 4) is 0 Å². The van der Waals surface area contributed by atoms with Gasteiger partial charge in [0.05, 0.1) is 9.95 Å². The van der Waals surface area contributed by atoms with Crippen LogP contribution in [0.2, 0.25) is 5.02 Å². The largest absolute Gasteiger partial charge is 0.378 e. The fraction of sp³-hybridized carbons (Fsp3) is 0.462. The molecule has 0 bridgehead atoms. The lowest BCUT2D eigenvalue weighted by Gasteiger charge is -2.08. The summed E-state index contributed by atoms with van der Waals surface area (Å²) in [5.74, 6) is 0.0305. The van der Waals surface area contributed by atoms with Crippen LogP contribution in [0.25, 0.3) is 0 Å². The standard InChI is InChI=1S/C13H16ClN3O3/c14-10-3-1-4-11(17(19)20)13(10)15-8-2-5-12(18)16-9-6-7-9/h1,3-4,9,15H,2,5-8H2,(H,16,18). The van der Waals surface area contributed by atoms with Crippen molar-refractivity contribution in [2.45, 2.75) is 31.7 Å². The van der Waals surface area contributed by atoms with Crippen LogP contribution in [0.15, 0.2) is 18.2 Å². The van der Waals surface area contributed by atoms with E-state index in [2.05, 4.69) is 10.6 Å². The van der Waals surface area contributed by atoms with Crippen LogP contribution in [0.1, 0.15) is 25.7 Å². The van der Waals surface area contributed by atoms with Crippen LogP contribution in [0, 0.1) is 10.1 Å². The minimum Gasteiger partial charge on any atom is -0.378 e. The molecule has 0 radical (unpaired) electrons. The smallest absolute Gasteiger partial charge is 0.293 e. The molecule has 1 fully saturated rings. The maximum absolute atomic E-state index is 11.5. The summed E-state index contributed by atoms with van der Waals surface area (Å²) in [6.45, 7) is 0.461. The molecule has 2 rings (SSSR count). The third-order valence-corrected chi connectivity index (χ3v) is 3.33. The Hall–Kier alpha value is -1.82. The minimum atomic E-state index is -0.478. The molecule has 108 valence electrons. The molecular weight excluding hydrogens is 282 g/mol. The number of nitrogens with one attached hydrogen (secondary N) is 2. The average molecular weight is 298 g/mol. The summed E-state index contributed by atoms with van der Waals surface area (Å²) >= 11 is 5.95. The molecule has 0 unspecified atom stereocenters. The molecule has 20 heavy (non-hydrogen) atoms. The summed E-state index contributed by atoms with van der Waals surface area (Å²) in [7, 11) is 0. The first-order chi connectivity index (χ1) is 9.58. The van der Waals surface area contributed by atoms with Gasteiger partial charge in [-0.1, -0.05) is 17.7 Å². The molecule has 0 spiro atoms. The number of nitro benzene ring substituents is 1. The van der Waals surface area contributed by atoms with Crippen LogP contribution in [-0.4, -0.2) is 23.4 Å². The highest BCUT2D eigenvalue weighted by Crippen LogP contribution is 2.31. The van der Waals surface area contributed by atoms with Crippen LogP contribution in [0.3, 0.4) is 0 Å². The second-order valence-electron chi connectivity index (χ2n) is 4.76. The first-order valence-electron chi connectivity index (χ1n) is 6.54. The zero-order chi connectivity index (χ0) is 14.5. The summed E-state index contributed by atoms with van der Waals surface area (Å²) in [5.41, 5.74) is 0.252. The Morgan fingerprint density at radius 1 is 1.45 bits per heavy atom. The lowest BCUT2D eigenvalue weighted by atomic mass is 10.2. The summed E-state index contributed by atoms with van der Waals surface area (Å²) in [6.07, 6.45) is 3.13. The lowest BCUT2D eigenvalue weighted by Crippen LogP contribution is -2.25. The molecule has 0 aliphatic heterocycles. The molecule has 6 nitrogen and oxygen atoms in total. The number of carbonyl (C=O) groups is 1. The Morgan fingerprint density at radius 2 is 2.20 bits per heavy atom. The quantitative estimate of drug-likeness (QED) is 0.460. The van der Waals surface area contributed by atoms with Crippen LogP contribution in [-0.2, 0) is 4.79 Å². The fourth-order valence-electron chi connectivity index (χ4n) is 1.83. The second-order valence-corrected chi connectivity index (χ2v) is 5.17. The van der Waals surface area contributed by atoms with E-state index in [1.807, 2.05) is 0 Å². The molecule has 1 aromatic rings. The Morgan fingerprint density at radius 3 is 2.85 bits per heavy atom. The summed E-state index contributed by atoms with van der Waals surface area (Å²) in [5, 5.41) is 17.0. The molecule has 1 saturated carbocycles. The number of halogens is 1. The first-order valence-corrected chi connectivity index (χ1v) is 6.92. The van der Waals surface area contributed by atoms with E-state index < -0.39 is 4.92 Å². The van der Waals surface area contributed by atoms with Gasteiger partial charge in [0.1, 0.15) is 5.69 Å². The third-order valence-electron chi connectivity index (χ3n) is 3.01. The number of carbonyl (C=O) groups excluding carboxylic acids is 1. The van der Waals surface area contributed by atoms with Crippen LogP contribution < -0.4 is 10.6 Å². The molecule has 1 amide bonds. The minimum absolute atomic E-state index is 0.0305. The topological polar surface area (TPSA) is 84.3 Å². The molecule has 7 heteroatoms. The van der Waals surface area contributed by atoms with Crippen molar-refractivity contribution in [3.05, 3.63) is 33.3 Å². The number of amides is 1. The van der Waals surface area contributed by atoms with Gasteiger partial charge in [0.15, 0.2) is 0 Å². The fourth-order valence-corrected chi connectivity index (χ4v) is 2.07. The zero-order valence-electron chi connectivity index (χ0n) is 10.9. The van der Waals surface area contributed by atoms with Crippen molar-refractivity contribution in [2.24, 2.45) is 0 Å². The molecule has 1 aliphatic rings. The molecule has 1 aromatic carbocycles. The van der Waals surface area contributed by atoms with E-state index in [0.717, 1.165) is 12.8 Å². The number of hydrogen-bond donors (Lipinski definition) is 2. The van der Waals surface area contributed by atoms with E-state index in [0.29, 0.717) is 36.1 Å². The monoisotopic (exact) mass is 297 g/mol. The Kier molecular flexibility index (Phi) is 4.79. The number of rotatable bonds is 7. The van der Waals surface area contributed by atoms with Crippen molar-refractivity contribution in [2.75, 3.05) is 11.9 Å². The Balaban J connectivity index is 1.81. The number of nitrogens with zero attached hydrogens (tertiary/aromatic N) is 1. The Bertz CT molecular complexity index is 518. The van der Waals surface area contributed by atoms with Crippen molar-refractivity contribution in [3.63, 3.8) is 0 Å². The van der Waals surface area contributed by atoms with E-state index in [1.54, 1.807) is 6.07 Å². The van der Waals surface area contributed by atoms with Crippen molar-refractivity contribution in [1.29, 1.82) is 0 Å². The normalized spacial score (nSPS) is 13.8. The zero-order valence-corrected chi connectivity index (χ0v) is 11.7. The summed E-state index contributed by atoms with van der Waals surface area (Å²) < 4.78 is 0. The molecule has 0 aromatic heterocycles. The van der Waals surface area contributed by atoms with E-state index in [4.69, 9.17) is 11.6 Å². The molecule has 2 N–H and O–H groups in total. The SMILES string of the molecule is O=C(CCCNc1c(Cl)cccc1[N+](=O)[O-])NC1CC1. The Labute approximate surface area is 121 Å². The van der Waals surface area contributed by atoms with Gasteiger partial charge >= 0.3 is 0 Å². The van der Waals surface area contributed by atoms with E-state index >= 15 is 0 Å². The summed E-state index contributed by atoms with van der Waals surface area (Å²) in [4.78, 5) is 21.9.